The van der Waals surface area contributed by atoms with Crippen LogP contribution >= 0.6 is 15.9 Å². The first-order valence-corrected chi connectivity index (χ1v) is 6.12. The summed E-state index contributed by atoms with van der Waals surface area (Å²) in [6, 6.07) is 4.24. The first kappa shape index (κ1) is 15.0. The minimum absolute atomic E-state index is 0.291. The topological polar surface area (TPSA) is 20.3 Å². The SMILES string of the molecule is CC(C)N(CC(F)(F)F)c1ccc(C=O)c(Br)c1. The molecule has 0 aliphatic heterocycles. The smallest absolute Gasteiger partial charge is 0.360 e. The van der Waals surface area contributed by atoms with Gasteiger partial charge in [-0.2, -0.15) is 13.2 Å². The van der Waals surface area contributed by atoms with E-state index in [1.807, 2.05) is 0 Å². The Morgan fingerprint density at radius 1 is 1.39 bits per heavy atom. The molecule has 0 aliphatic carbocycles. The van der Waals surface area contributed by atoms with Gasteiger partial charge in [0, 0.05) is 21.8 Å². The molecule has 0 spiro atoms. The van der Waals surface area contributed by atoms with Gasteiger partial charge in [0.2, 0.25) is 0 Å². The molecule has 0 atom stereocenters. The Hall–Kier alpha value is -1.04. The molecule has 0 amide bonds. The Morgan fingerprint density at radius 3 is 2.39 bits per heavy atom. The number of hydrogen-bond donors (Lipinski definition) is 0. The number of aldehydes is 1. The van der Waals surface area contributed by atoms with Crippen LogP contribution < -0.4 is 4.90 Å². The second-order valence-corrected chi connectivity index (χ2v) is 5.01. The largest absolute Gasteiger partial charge is 0.405 e. The molecule has 0 aromatic heterocycles. The Morgan fingerprint density at radius 2 is 2.00 bits per heavy atom. The number of rotatable bonds is 4. The Bertz CT molecular complexity index is 432. The second-order valence-electron chi connectivity index (χ2n) is 4.16. The van der Waals surface area contributed by atoms with E-state index in [2.05, 4.69) is 15.9 Å². The summed E-state index contributed by atoms with van der Waals surface area (Å²) in [7, 11) is 0. The standard InChI is InChI=1S/C12H13BrF3NO/c1-8(2)17(7-12(14,15)16)10-4-3-9(6-18)11(13)5-10/h3-6,8H,7H2,1-2H3. The fraction of sp³-hybridized carbons (Fsp3) is 0.417. The van der Waals surface area contributed by atoms with Gasteiger partial charge in [0.1, 0.15) is 6.54 Å². The normalized spacial score (nSPS) is 11.7. The van der Waals surface area contributed by atoms with Crippen molar-refractivity contribution < 1.29 is 18.0 Å². The van der Waals surface area contributed by atoms with Crippen molar-refractivity contribution in [2.24, 2.45) is 0 Å². The van der Waals surface area contributed by atoms with E-state index in [1.54, 1.807) is 13.8 Å². The summed E-state index contributed by atoms with van der Waals surface area (Å²) in [6.45, 7) is 2.36. The molecule has 100 valence electrons. The van der Waals surface area contributed by atoms with Gasteiger partial charge in [-0.1, -0.05) is 0 Å². The molecule has 0 fully saturated rings. The summed E-state index contributed by atoms with van der Waals surface area (Å²) in [6.07, 6.45) is -3.61. The van der Waals surface area contributed by atoms with Gasteiger partial charge in [-0.3, -0.25) is 4.79 Å². The maximum Gasteiger partial charge on any atom is 0.405 e. The summed E-state index contributed by atoms with van der Waals surface area (Å²) >= 11 is 3.17. The van der Waals surface area contributed by atoms with Gasteiger partial charge < -0.3 is 4.90 Å². The third-order valence-electron chi connectivity index (χ3n) is 2.42. The number of hydrogen-bond acceptors (Lipinski definition) is 2. The molecule has 0 radical (unpaired) electrons. The lowest BCUT2D eigenvalue weighted by Gasteiger charge is -2.30. The van der Waals surface area contributed by atoms with E-state index in [9.17, 15) is 18.0 Å². The summed E-state index contributed by atoms with van der Waals surface area (Å²) in [5.74, 6) is 0. The Balaban J connectivity index is 3.07. The first-order chi connectivity index (χ1) is 8.24. The third-order valence-corrected chi connectivity index (χ3v) is 3.10. The quantitative estimate of drug-likeness (QED) is 0.779. The lowest BCUT2D eigenvalue weighted by molar-refractivity contribution is -0.120. The highest BCUT2D eigenvalue weighted by Crippen LogP contribution is 2.27. The average molecular weight is 324 g/mol. The Labute approximate surface area is 112 Å². The predicted octanol–water partition coefficient (Wildman–Crippen LogP) is 4.04. The third kappa shape index (κ3) is 4.01. The molecule has 0 N–H and O–H groups in total. The van der Waals surface area contributed by atoms with Gasteiger partial charge in [0.05, 0.1) is 0 Å². The minimum Gasteiger partial charge on any atom is -0.360 e. The van der Waals surface area contributed by atoms with E-state index in [0.29, 0.717) is 22.0 Å². The van der Waals surface area contributed by atoms with Gasteiger partial charge in [0.25, 0.3) is 0 Å². The molecular weight excluding hydrogens is 311 g/mol. The zero-order chi connectivity index (χ0) is 13.9. The summed E-state index contributed by atoms with van der Waals surface area (Å²) in [5.41, 5.74) is 0.842. The van der Waals surface area contributed by atoms with Gasteiger partial charge in [-0.05, 0) is 48.0 Å². The molecule has 0 bridgehead atoms. The van der Waals surface area contributed by atoms with Crippen LogP contribution in [0.3, 0.4) is 0 Å². The number of alkyl halides is 3. The maximum atomic E-state index is 12.5. The molecule has 6 heteroatoms. The predicted molar refractivity (Wildman–Crippen MR) is 68.1 cm³/mol. The van der Waals surface area contributed by atoms with Crippen molar-refractivity contribution in [2.75, 3.05) is 11.4 Å². The molecule has 0 saturated heterocycles. The van der Waals surface area contributed by atoms with E-state index >= 15 is 0 Å². The summed E-state index contributed by atoms with van der Waals surface area (Å²) in [4.78, 5) is 11.9. The van der Waals surface area contributed by atoms with Crippen molar-refractivity contribution in [3.05, 3.63) is 28.2 Å². The number of halogens is 4. The number of carbonyl (C=O) groups excluding carboxylic acids is 1. The van der Waals surface area contributed by atoms with E-state index in [4.69, 9.17) is 0 Å². The second kappa shape index (κ2) is 5.73. The van der Waals surface area contributed by atoms with Crippen LogP contribution in [0, 0.1) is 0 Å². The van der Waals surface area contributed by atoms with Crippen molar-refractivity contribution in [1.82, 2.24) is 0 Å². The number of nitrogens with zero attached hydrogens (tertiary/aromatic N) is 1. The van der Waals surface area contributed by atoms with Crippen LogP contribution in [0.1, 0.15) is 24.2 Å². The summed E-state index contributed by atoms with van der Waals surface area (Å²) < 4.78 is 38.0. The van der Waals surface area contributed by atoms with Gasteiger partial charge in [-0.15, -0.1) is 0 Å². The van der Waals surface area contributed by atoms with E-state index in [0.717, 1.165) is 0 Å². The van der Waals surface area contributed by atoms with Gasteiger partial charge in [0.15, 0.2) is 6.29 Å². The first-order valence-electron chi connectivity index (χ1n) is 5.32. The molecule has 1 aromatic rings. The van der Waals surface area contributed by atoms with Crippen molar-refractivity contribution in [1.29, 1.82) is 0 Å². The van der Waals surface area contributed by atoms with Crippen LogP contribution in [0.5, 0.6) is 0 Å². The van der Waals surface area contributed by atoms with Crippen LogP contribution in [-0.2, 0) is 0 Å². The lowest BCUT2D eigenvalue weighted by atomic mass is 10.2. The van der Waals surface area contributed by atoms with Crippen LogP contribution in [0.4, 0.5) is 18.9 Å². The number of anilines is 1. The molecule has 2 nitrogen and oxygen atoms in total. The molecular formula is C12H13BrF3NO. The molecule has 0 unspecified atom stereocenters. The van der Waals surface area contributed by atoms with Crippen LogP contribution in [0.2, 0.25) is 0 Å². The monoisotopic (exact) mass is 323 g/mol. The van der Waals surface area contributed by atoms with Gasteiger partial charge >= 0.3 is 6.18 Å². The molecule has 1 rings (SSSR count). The van der Waals surface area contributed by atoms with Crippen LogP contribution in [0.15, 0.2) is 22.7 Å². The van der Waals surface area contributed by atoms with Crippen molar-refractivity contribution in [3.8, 4) is 0 Å². The van der Waals surface area contributed by atoms with E-state index in [-0.39, 0.29) is 6.04 Å². The highest BCUT2D eigenvalue weighted by Gasteiger charge is 2.32. The lowest BCUT2D eigenvalue weighted by Crippen LogP contribution is -2.39. The fourth-order valence-corrected chi connectivity index (χ4v) is 2.02. The zero-order valence-electron chi connectivity index (χ0n) is 9.96. The maximum absolute atomic E-state index is 12.5. The average Bonchev–Trinajstić information content (AvgIpc) is 2.24. The van der Waals surface area contributed by atoms with E-state index in [1.165, 1.54) is 23.1 Å². The van der Waals surface area contributed by atoms with Gasteiger partial charge in [-0.25, -0.2) is 0 Å². The minimum atomic E-state index is -4.26. The van der Waals surface area contributed by atoms with Crippen LogP contribution in [-0.4, -0.2) is 25.0 Å². The molecule has 1 aromatic carbocycles. The number of benzene rings is 1. The highest BCUT2D eigenvalue weighted by atomic mass is 79.9. The summed E-state index contributed by atoms with van der Waals surface area (Å²) in [5, 5.41) is 0. The van der Waals surface area contributed by atoms with Crippen molar-refractivity contribution in [3.63, 3.8) is 0 Å². The zero-order valence-corrected chi connectivity index (χ0v) is 11.5. The van der Waals surface area contributed by atoms with E-state index < -0.39 is 12.7 Å². The van der Waals surface area contributed by atoms with Crippen LogP contribution in [0.25, 0.3) is 0 Å². The number of carbonyl (C=O) groups is 1. The molecule has 18 heavy (non-hydrogen) atoms. The molecule has 0 saturated carbocycles. The fourth-order valence-electron chi connectivity index (χ4n) is 1.56. The van der Waals surface area contributed by atoms with Crippen molar-refractivity contribution in [2.45, 2.75) is 26.1 Å². The molecule has 0 heterocycles. The molecule has 0 aliphatic rings. The van der Waals surface area contributed by atoms with Crippen molar-refractivity contribution >= 4 is 27.9 Å². The highest BCUT2D eigenvalue weighted by molar-refractivity contribution is 9.10. The Kier molecular flexibility index (Phi) is 4.78.